The lowest BCUT2D eigenvalue weighted by Crippen LogP contribution is -2.47. The van der Waals surface area contributed by atoms with Crippen LogP contribution < -0.4 is 5.32 Å². The topological polar surface area (TPSA) is 85.8 Å². The molecule has 0 saturated carbocycles. The van der Waals surface area contributed by atoms with Gasteiger partial charge in [0, 0.05) is 44.8 Å². The number of aliphatic carboxylic acids is 1. The molecular formula is C39H42F2N4O3. The van der Waals surface area contributed by atoms with Crippen molar-refractivity contribution in [1.82, 2.24) is 14.8 Å². The minimum atomic E-state index is -1.07. The number of nitrogens with zero attached hydrogens (tertiary/aromatic N) is 3. The maximum Gasteiger partial charge on any atom is 0.310 e. The molecule has 2 N–H and O–H groups in total. The lowest BCUT2D eigenvalue weighted by atomic mass is 9.79. The fourth-order valence-corrected chi connectivity index (χ4v) is 6.28. The van der Waals surface area contributed by atoms with Crippen molar-refractivity contribution in [3.8, 4) is 0 Å². The third kappa shape index (κ3) is 8.79. The molecule has 0 unspecified atom stereocenters. The molecule has 0 bridgehead atoms. The Labute approximate surface area is 280 Å². The Balaban J connectivity index is 1.19. The zero-order valence-electron chi connectivity index (χ0n) is 27.4. The lowest BCUT2D eigenvalue weighted by molar-refractivity contribution is -0.151. The van der Waals surface area contributed by atoms with Gasteiger partial charge in [-0.1, -0.05) is 62.4 Å². The number of benzene rings is 3. The number of nitrogens with one attached hydrogen (secondary N) is 1. The minimum Gasteiger partial charge on any atom is -0.481 e. The van der Waals surface area contributed by atoms with Crippen molar-refractivity contribution < 1.29 is 23.5 Å². The molecule has 4 aromatic rings. The van der Waals surface area contributed by atoms with Crippen LogP contribution in [0.25, 0.3) is 12.2 Å². The molecule has 0 aliphatic carbocycles. The van der Waals surface area contributed by atoms with Crippen LogP contribution in [0.5, 0.6) is 0 Å². The maximum atomic E-state index is 13.7. The third-order valence-electron chi connectivity index (χ3n) is 9.28. The number of carboxylic acids is 1. The maximum absolute atomic E-state index is 13.7. The van der Waals surface area contributed by atoms with E-state index in [9.17, 15) is 23.5 Å². The highest BCUT2D eigenvalue weighted by Crippen LogP contribution is 2.32. The first-order valence-electron chi connectivity index (χ1n) is 16.4. The molecule has 1 fully saturated rings. The quantitative estimate of drug-likeness (QED) is 0.154. The number of carbonyl (C=O) groups is 2. The number of pyridine rings is 1. The van der Waals surface area contributed by atoms with E-state index in [1.165, 1.54) is 24.3 Å². The van der Waals surface area contributed by atoms with E-state index in [4.69, 9.17) is 4.98 Å². The number of hydrogen-bond acceptors (Lipinski definition) is 5. The van der Waals surface area contributed by atoms with Gasteiger partial charge in [0.2, 0.25) is 5.91 Å². The number of anilines is 1. The summed E-state index contributed by atoms with van der Waals surface area (Å²) in [6, 6.07) is 26.4. The van der Waals surface area contributed by atoms with E-state index >= 15 is 0 Å². The molecule has 48 heavy (non-hydrogen) atoms. The van der Waals surface area contributed by atoms with Gasteiger partial charge in [-0.15, -0.1) is 0 Å². The number of hydrogen-bond donors (Lipinski definition) is 2. The Bertz CT molecular complexity index is 1670. The fourth-order valence-electron chi connectivity index (χ4n) is 6.28. The molecule has 5 rings (SSSR count). The molecule has 1 aliphatic rings. The van der Waals surface area contributed by atoms with Crippen molar-refractivity contribution in [2.24, 2.45) is 5.41 Å². The van der Waals surface area contributed by atoms with Gasteiger partial charge in [-0.05, 0) is 84.1 Å². The van der Waals surface area contributed by atoms with Crippen LogP contribution in [0.4, 0.5) is 14.5 Å². The Kier molecular flexibility index (Phi) is 11.5. The predicted molar refractivity (Wildman–Crippen MR) is 185 cm³/mol. The highest BCUT2D eigenvalue weighted by atomic mass is 19.1. The fraction of sp³-hybridized carbons (Fsp3) is 0.308. The molecule has 1 amide bonds. The standard InChI is InChI=1S/C39H42F2N4O3/c1-3-39(4-2,38(47)48)26-36(46)43-34-9-5-7-28(25-34)11-20-33-8-6-10-35(42-33)27-44-21-23-45(24-22-44)37(29-12-16-31(40)17-13-29)30-14-18-32(41)19-15-30/h5-20,25,37H,3-4,21-24,26-27H2,1-2H3,(H,43,46)(H,47,48)/b20-11+. The number of rotatable bonds is 13. The van der Waals surface area contributed by atoms with E-state index in [0.717, 1.165) is 54.3 Å². The number of amides is 1. The average molecular weight is 653 g/mol. The minimum absolute atomic E-state index is 0.0791. The van der Waals surface area contributed by atoms with Crippen molar-refractivity contribution in [2.45, 2.75) is 45.7 Å². The van der Waals surface area contributed by atoms with Gasteiger partial charge >= 0.3 is 5.97 Å². The smallest absolute Gasteiger partial charge is 0.310 e. The van der Waals surface area contributed by atoms with Crippen LogP contribution in [-0.2, 0) is 16.1 Å². The highest BCUT2D eigenvalue weighted by molar-refractivity contribution is 5.94. The van der Waals surface area contributed by atoms with Gasteiger partial charge < -0.3 is 10.4 Å². The van der Waals surface area contributed by atoms with Gasteiger partial charge in [-0.25, -0.2) is 8.78 Å². The van der Waals surface area contributed by atoms with Gasteiger partial charge in [0.25, 0.3) is 0 Å². The van der Waals surface area contributed by atoms with Crippen molar-refractivity contribution in [2.75, 3.05) is 31.5 Å². The molecule has 250 valence electrons. The molecule has 7 nitrogen and oxygen atoms in total. The van der Waals surface area contributed by atoms with Gasteiger partial charge in [-0.3, -0.25) is 24.4 Å². The van der Waals surface area contributed by atoms with E-state index in [1.54, 1.807) is 44.2 Å². The van der Waals surface area contributed by atoms with Gasteiger partial charge in [0.05, 0.1) is 22.8 Å². The summed E-state index contributed by atoms with van der Waals surface area (Å²) in [7, 11) is 0. The number of halogens is 2. The Morgan fingerprint density at radius 3 is 2.04 bits per heavy atom. The van der Waals surface area contributed by atoms with Crippen LogP contribution in [0, 0.1) is 17.0 Å². The zero-order valence-corrected chi connectivity index (χ0v) is 27.4. The second-order valence-electron chi connectivity index (χ2n) is 12.3. The monoisotopic (exact) mass is 652 g/mol. The van der Waals surface area contributed by atoms with Gasteiger partial charge in [0.15, 0.2) is 0 Å². The molecule has 1 aliphatic heterocycles. The number of piperazine rings is 1. The summed E-state index contributed by atoms with van der Waals surface area (Å²) >= 11 is 0. The molecule has 0 radical (unpaired) electrons. The first-order chi connectivity index (χ1) is 23.2. The Morgan fingerprint density at radius 1 is 0.854 bits per heavy atom. The number of carbonyl (C=O) groups excluding carboxylic acids is 1. The second-order valence-corrected chi connectivity index (χ2v) is 12.3. The van der Waals surface area contributed by atoms with Crippen molar-refractivity contribution in [1.29, 1.82) is 0 Å². The second kappa shape index (κ2) is 15.9. The first kappa shape index (κ1) is 34.6. The largest absolute Gasteiger partial charge is 0.481 e. The molecule has 1 saturated heterocycles. The van der Waals surface area contributed by atoms with Gasteiger partial charge in [0.1, 0.15) is 11.6 Å². The summed E-state index contributed by atoms with van der Waals surface area (Å²) in [6.07, 6.45) is 4.55. The number of aromatic nitrogens is 1. The molecule has 1 aromatic heterocycles. The summed E-state index contributed by atoms with van der Waals surface area (Å²) in [4.78, 5) is 34.1. The van der Waals surface area contributed by atoms with Crippen LogP contribution in [0.1, 0.15) is 67.2 Å². The Hall–Kier alpha value is -4.73. The summed E-state index contributed by atoms with van der Waals surface area (Å²) < 4.78 is 27.4. The predicted octanol–water partition coefficient (Wildman–Crippen LogP) is 7.66. The lowest BCUT2D eigenvalue weighted by Gasteiger charge is -2.39. The number of carboxylic acid groups (broad SMARTS) is 1. The molecule has 9 heteroatoms. The first-order valence-corrected chi connectivity index (χ1v) is 16.4. The molecule has 3 aromatic carbocycles. The average Bonchev–Trinajstić information content (AvgIpc) is 3.09. The van der Waals surface area contributed by atoms with E-state index in [0.29, 0.717) is 25.1 Å². The Morgan fingerprint density at radius 2 is 1.46 bits per heavy atom. The van der Waals surface area contributed by atoms with Crippen molar-refractivity contribution >= 4 is 29.7 Å². The summed E-state index contributed by atoms with van der Waals surface area (Å²) in [5, 5.41) is 12.5. The van der Waals surface area contributed by atoms with Crippen LogP contribution in [-0.4, -0.2) is 57.9 Å². The SMILES string of the molecule is CCC(CC)(CC(=O)Nc1cccc(/C=C/c2cccc(CN3CCN(C(c4ccc(F)cc4)c4ccc(F)cc4)CC3)n2)c1)C(=O)O. The van der Waals surface area contributed by atoms with Crippen LogP contribution >= 0.6 is 0 Å². The van der Waals surface area contributed by atoms with Gasteiger partial charge in [-0.2, -0.15) is 0 Å². The normalized spacial score (nSPS) is 14.4. The van der Waals surface area contributed by atoms with Crippen molar-refractivity contribution in [3.63, 3.8) is 0 Å². The van der Waals surface area contributed by atoms with E-state index < -0.39 is 11.4 Å². The molecule has 2 heterocycles. The summed E-state index contributed by atoms with van der Waals surface area (Å²) in [6.45, 7) is 7.52. The summed E-state index contributed by atoms with van der Waals surface area (Å²) in [5.41, 5.74) is 4.12. The van der Waals surface area contributed by atoms with E-state index in [1.807, 2.05) is 48.6 Å². The third-order valence-corrected chi connectivity index (χ3v) is 9.28. The molecular weight excluding hydrogens is 610 g/mol. The van der Waals surface area contributed by atoms with Crippen LogP contribution in [0.3, 0.4) is 0 Å². The van der Waals surface area contributed by atoms with Crippen LogP contribution in [0.15, 0.2) is 91.0 Å². The van der Waals surface area contributed by atoms with Crippen LogP contribution in [0.2, 0.25) is 0 Å². The van der Waals surface area contributed by atoms with E-state index in [2.05, 4.69) is 15.1 Å². The zero-order chi connectivity index (χ0) is 34.1. The molecule has 0 spiro atoms. The molecule has 0 atom stereocenters. The van der Waals surface area contributed by atoms with Crippen molar-refractivity contribution in [3.05, 3.63) is 131 Å². The van der Waals surface area contributed by atoms with E-state index in [-0.39, 0.29) is 30.0 Å². The summed E-state index contributed by atoms with van der Waals surface area (Å²) in [5.74, 6) is -1.84. The highest BCUT2D eigenvalue weighted by Gasteiger charge is 2.37.